The Morgan fingerprint density at radius 2 is 1.76 bits per heavy atom. The molecule has 38 heavy (non-hydrogen) atoms. The van der Waals surface area contributed by atoms with Crippen molar-refractivity contribution in [3.63, 3.8) is 0 Å². The standard InChI is InChI=1S/C29H28N4O4S/c1-19-26(27(31-37-19)21-10-6-3-7-11-21)23-18-38-28(30-23)22-12-14-32(15-13-22)25(34)16-33-24(17-36-29(33)35)20-8-4-2-5-9-20/h2-11,18,22,24H,12-17H2,1H3. The van der Waals surface area contributed by atoms with Gasteiger partial charge in [0.2, 0.25) is 5.91 Å². The SMILES string of the molecule is Cc1onc(-c2ccccc2)c1-c1csc(C2CCN(C(=O)CN3C(=O)OCC3c3ccccc3)CC2)n1. The first-order chi connectivity index (χ1) is 18.6. The normalized spacial score (nSPS) is 18.1. The molecule has 4 aromatic rings. The van der Waals surface area contributed by atoms with Gasteiger partial charge >= 0.3 is 6.09 Å². The summed E-state index contributed by atoms with van der Waals surface area (Å²) >= 11 is 1.65. The molecule has 8 nitrogen and oxygen atoms in total. The fourth-order valence-electron chi connectivity index (χ4n) is 5.25. The summed E-state index contributed by atoms with van der Waals surface area (Å²) < 4.78 is 10.8. The molecule has 0 N–H and O–H groups in total. The summed E-state index contributed by atoms with van der Waals surface area (Å²) in [6.07, 6.45) is 1.23. The van der Waals surface area contributed by atoms with Crippen LogP contribution in [0.5, 0.6) is 0 Å². The number of aryl methyl sites for hydroxylation is 1. The summed E-state index contributed by atoms with van der Waals surface area (Å²) in [4.78, 5) is 33.9. The summed E-state index contributed by atoms with van der Waals surface area (Å²) in [5, 5.41) is 7.43. The van der Waals surface area contributed by atoms with Gasteiger partial charge in [-0.2, -0.15) is 0 Å². The van der Waals surface area contributed by atoms with E-state index < -0.39 is 6.09 Å². The van der Waals surface area contributed by atoms with Crippen LogP contribution in [0.3, 0.4) is 0 Å². The minimum atomic E-state index is -0.434. The summed E-state index contributed by atoms with van der Waals surface area (Å²) in [5.41, 5.74) is 4.58. The molecule has 2 amide bonds. The van der Waals surface area contributed by atoms with Gasteiger partial charge in [0, 0.05) is 30.0 Å². The Bertz CT molecular complexity index is 1430. The van der Waals surface area contributed by atoms with E-state index in [9.17, 15) is 9.59 Å². The lowest BCUT2D eigenvalue weighted by molar-refractivity contribution is -0.133. The number of nitrogens with zero attached hydrogens (tertiary/aromatic N) is 4. The second-order valence-electron chi connectivity index (χ2n) is 9.69. The highest BCUT2D eigenvalue weighted by Crippen LogP contribution is 2.38. The molecule has 0 bridgehead atoms. The van der Waals surface area contributed by atoms with Crippen molar-refractivity contribution in [1.29, 1.82) is 0 Å². The molecule has 2 aliphatic heterocycles. The van der Waals surface area contributed by atoms with Crippen LogP contribution in [-0.2, 0) is 9.53 Å². The van der Waals surface area contributed by atoms with Crippen LogP contribution in [-0.4, -0.2) is 58.2 Å². The van der Waals surface area contributed by atoms with E-state index >= 15 is 0 Å². The Balaban J connectivity index is 1.10. The lowest BCUT2D eigenvalue weighted by Crippen LogP contribution is -2.44. The molecule has 2 aromatic heterocycles. The van der Waals surface area contributed by atoms with Crippen molar-refractivity contribution in [3.05, 3.63) is 82.4 Å². The number of piperidine rings is 1. The van der Waals surface area contributed by atoms with Gasteiger partial charge in [-0.25, -0.2) is 9.78 Å². The highest BCUT2D eigenvalue weighted by atomic mass is 32.1. The van der Waals surface area contributed by atoms with E-state index in [1.165, 1.54) is 0 Å². The molecule has 0 spiro atoms. The number of benzene rings is 2. The third kappa shape index (κ3) is 4.69. The largest absolute Gasteiger partial charge is 0.447 e. The maximum Gasteiger partial charge on any atom is 0.410 e. The zero-order chi connectivity index (χ0) is 26.1. The molecule has 2 saturated heterocycles. The number of amides is 2. The van der Waals surface area contributed by atoms with Gasteiger partial charge in [0.05, 0.1) is 22.3 Å². The highest BCUT2D eigenvalue weighted by Gasteiger charge is 2.37. The molecule has 0 aliphatic carbocycles. The number of carbonyl (C=O) groups excluding carboxylic acids is 2. The van der Waals surface area contributed by atoms with Crippen LogP contribution in [0.2, 0.25) is 0 Å². The topological polar surface area (TPSA) is 88.8 Å². The molecule has 1 atom stereocenters. The Morgan fingerprint density at radius 3 is 2.50 bits per heavy atom. The van der Waals surface area contributed by atoms with Crippen LogP contribution >= 0.6 is 11.3 Å². The quantitative estimate of drug-likeness (QED) is 0.320. The van der Waals surface area contributed by atoms with Gasteiger partial charge in [-0.1, -0.05) is 65.8 Å². The number of rotatable bonds is 6. The number of aromatic nitrogens is 2. The molecule has 0 radical (unpaired) electrons. The first-order valence-electron chi connectivity index (χ1n) is 12.8. The molecule has 4 heterocycles. The van der Waals surface area contributed by atoms with Crippen LogP contribution in [0.25, 0.3) is 22.5 Å². The van der Waals surface area contributed by atoms with E-state index in [2.05, 4.69) is 10.5 Å². The molecule has 1 unspecified atom stereocenters. The molecule has 9 heteroatoms. The molecule has 0 saturated carbocycles. The van der Waals surface area contributed by atoms with Crippen LogP contribution in [0.4, 0.5) is 4.79 Å². The minimum Gasteiger partial charge on any atom is -0.447 e. The Kier molecular flexibility index (Phi) is 6.68. The number of ether oxygens (including phenoxy) is 1. The van der Waals surface area contributed by atoms with Crippen molar-refractivity contribution >= 4 is 23.3 Å². The summed E-state index contributed by atoms with van der Waals surface area (Å²) in [7, 11) is 0. The third-order valence-corrected chi connectivity index (χ3v) is 8.36. The van der Waals surface area contributed by atoms with Crippen LogP contribution in [0.15, 0.2) is 70.6 Å². The molecular formula is C29H28N4O4S. The number of carbonyl (C=O) groups is 2. The average Bonchev–Trinajstić information content (AvgIpc) is 3.69. The highest BCUT2D eigenvalue weighted by molar-refractivity contribution is 7.10. The minimum absolute atomic E-state index is 0.0273. The fraction of sp³-hybridized carbons (Fsp3) is 0.310. The van der Waals surface area contributed by atoms with Crippen LogP contribution in [0.1, 0.15) is 41.1 Å². The molecule has 2 aliphatic rings. The van der Waals surface area contributed by atoms with E-state index in [1.807, 2.05) is 72.5 Å². The summed E-state index contributed by atoms with van der Waals surface area (Å²) in [5.74, 6) is 0.984. The maximum absolute atomic E-state index is 13.1. The zero-order valence-electron chi connectivity index (χ0n) is 21.1. The molecule has 2 fully saturated rings. The zero-order valence-corrected chi connectivity index (χ0v) is 21.9. The van der Waals surface area contributed by atoms with Crippen molar-refractivity contribution < 1.29 is 18.8 Å². The van der Waals surface area contributed by atoms with E-state index in [0.717, 1.165) is 51.7 Å². The van der Waals surface area contributed by atoms with Crippen molar-refractivity contribution in [3.8, 4) is 22.5 Å². The Hall–Kier alpha value is -3.98. The number of hydrogen-bond donors (Lipinski definition) is 0. The average molecular weight is 529 g/mol. The van der Waals surface area contributed by atoms with E-state index in [4.69, 9.17) is 14.2 Å². The Morgan fingerprint density at radius 1 is 1.05 bits per heavy atom. The molecular weight excluding hydrogens is 500 g/mol. The number of likely N-dealkylation sites (tertiary alicyclic amines) is 1. The smallest absolute Gasteiger partial charge is 0.410 e. The maximum atomic E-state index is 13.1. The van der Waals surface area contributed by atoms with Gasteiger partial charge in [0.1, 0.15) is 24.6 Å². The van der Waals surface area contributed by atoms with Gasteiger partial charge in [-0.15, -0.1) is 11.3 Å². The summed E-state index contributed by atoms with van der Waals surface area (Å²) in [6.45, 7) is 3.48. The monoisotopic (exact) mass is 528 g/mol. The first-order valence-corrected chi connectivity index (χ1v) is 13.7. The van der Waals surface area contributed by atoms with Gasteiger partial charge < -0.3 is 14.2 Å². The number of hydrogen-bond acceptors (Lipinski definition) is 7. The lowest BCUT2D eigenvalue weighted by Gasteiger charge is -2.32. The number of thiazole rings is 1. The van der Waals surface area contributed by atoms with Crippen molar-refractivity contribution in [2.24, 2.45) is 0 Å². The van der Waals surface area contributed by atoms with Gasteiger partial charge in [0.15, 0.2) is 0 Å². The van der Waals surface area contributed by atoms with Crippen LogP contribution < -0.4 is 0 Å². The first kappa shape index (κ1) is 24.4. The van der Waals surface area contributed by atoms with Crippen molar-refractivity contribution in [2.75, 3.05) is 26.2 Å². The molecule has 2 aromatic carbocycles. The van der Waals surface area contributed by atoms with Gasteiger partial charge in [-0.3, -0.25) is 9.69 Å². The third-order valence-electron chi connectivity index (χ3n) is 7.35. The number of cyclic esters (lactones) is 1. The summed E-state index contributed by atoms with van der Waals surface area (Å²) in [6, 6.07) is 19.5. The molecule has 194 valence electrons. The molecule has 6 rings (SSSR count). The van der Waals surface area contributed by atoms with Gasteiger partial charge in [-0.05, 0) is 25.3 Å². The fourth-order valence-corrected chi connectivity index (χ4v) is 6.24. The second kappa shape index (κ2) is 10.4. The van der Waals surface area contributed by atoms with Crippen molar-refractivity contribution in [2.45, 2.75) is 31.7 Å². The predicted octanol–water partition coefficient (Wildman–Crippen LogP) is 5.67. The van der Waals surface area contributed by atoms with E-state index in [1.54, 1.807) is 16.2 Å². The van der Waals surface area contributed by atoms with Crippen molar-refractivity contribution in [1.82, 2.24) is 19.9 Å². The van der Waals surface area contributed by atoms with E-state index in [-0.39, 0.29) is 31.0 Å². The van der Waals surface area contributed by atoms with Crippen LogP contribution in [0, 0.1) is 6.92 Å². The predicted molar refractivity (Wildman–Crippen MR) is 144 cm³/mol. The van der Waals surface area contributed by atoms with E-state index in [0.29, 0.717) is 13.1 Å². The van der Waals surface area contributed by atoms with Gasteiger partial charge in [0.25, 0.3) is 0 Å². The second-order valence-corrected chi connectivity index (χ2v) is 10.6. The Labute approximate surface area is 224 Å². The lowest BCUT2D eigenvalue weighted by atomic mass is 9.97.